The summed E-state index contributed by atoms with van der Waals surface area (Å²) in [6, 6.07) is 8.07. The van der Waals surface area contributed by atoms with Gasteiger partial charge in [0, 0.05) is 43.1 Å². The number of alkyl halides is 3. The van der Waals surface area contributed by atoms with E-state index in [1.165, 1.54) is 30.3 Å². The molecule has 13 heteroatoms. The van der Waals surface area contributed by atoms with E-state index in [-0.39, 0.29) is 52.3 Å². The molecule has 2 amide bonds. The number of nitrogens with one attached hydrogen (secondary N) is 1. The number of aromatic nitrogens is 3. The van der Waals surface area contributed by atoms with Crippen molar-refractivity contribution >= 4 is 28.8 Å². The number of hydrogen-bond donors (Lipinski definition) is 2. The number of hydrogen-bond acceptors (Lipinski definition) is 5. The number of carbonyl (C=O) groups excluding carboxylic acids is 1. The van der Waals surface area contributed by atoms with E-state index in [0.29, 0.717) is 5.89 Å². The predicted octanol–water partition coefficient (Wildman–Crippen LogP) is 4.77. The summed E-state index contributed by atoms with van der Waals surface area (Å²) in [7, 11) is 0. The van der Waals surface area contributed by atoms with Gasteiger partial charge in [0.15, 0.2) is 17.2 Å². The van der Waals surface area contributed by atoms with Gasteiger partial charge in [-0.05, 0) is 18.2 Å². The van der Waals surface area contributed by atoms with Crippen LogP contribution in [0.1, 0.15) is 33.2 Å². The number of fused-ring (bicyclic) bond motifs is 2. The number of benzene rings is 2. The van der Waals surface area contributed by atoms with Crippen LogP contribution in [0.15, 0.2) is 40.8 Å². The topological polar surface area (TPSA) is 113 Å². The average Bonchev–Trinajstić information content (AvgIpc) is 3.38. The zero-order valence-electron chi connectivity index (χ0n) is 18.6. The lowest BCUT2D eigenvalue weighted by atomic mass is 10.0. The van der Waals surface area contributed by atoms with Gasteiger partial charge in [-0.3, -0.25) is 4.79 Å². The summed E-state index contributed by atoms with van der Waals surface area (Å²) in [6.45, 7) is 1.13. The van der Waals surface area contributed by atoms with Crippen molar-refractivity contribution in [3.05, 3.63) is 70.6 Å². The van der Waals surface area contributed by atoms with Crippen molar-refractivity contribution in [2.24, 2.45) is 0 Å². The van der Waals surface area contributed by atoms with E-state index in [0.717, 1.165) is 15.6 Å². The molecule has 186 valence electrons. The highest BCUT2D eigenvalue weighted by molar-refractivity contribution is 6.05. The van der Waals surface area contributed by atoms with Crippen molar-refractivity contribution in [2.75, 3.05) is 11.9 Å². The van der Waals surface area contributed by atoms with Gasteiger partial charge in [-0.25, -0.2) is 18.9 Å². The molecule has 4 aromatic rings. The molecule has 2 aromatic heterocycles. The van der Waals surface area contributed by atoms with E-state index in [2.05, 4.69) is 15.4 Å². The molecule has 0 fully saturated rings. The Morgan fingerprint density at radius 2 is 1.97 bits per heavy atom. The zero-order chi connectivity index (χ0) is 25.8. The summed E-state index contributed by atoms with van der Waals surface area (Å²) in [5.74, 6) is -1.12. The van der Waals surface area contributed by atoms with E-state index in [1.807, 2.05) is 0 Å². The number of carbonyl (C=O) groups is 2. The van der Waals surface area contributed by atoms with E-state index in [9.17, 15) is 32.3 Å². The molecule has 0 spiro atoms. The molecular formula is C23H17F4N5O4. The Morgan fingerprint density at radius 3 is 2.69 bits per heavy atom. The fraction of sp³-hybridized carbons (Fsp3) is 0.217. The molecule has 2 aromatic carbocycles. The lowest BCUT2D eigenvalue weighted by molar-refractivity contribution is -0.142. The number of aryl methyl sites for hydroxylation is 1. The van der Waals surface area contributed by atoms with Crippen molar-refractivity contribution < 1.29 is 36.7 Å². The van der Waals surface area contributed by atoms with Crippen LogP contribution >= 0.6 is 0 Å². The van der Waals surface area contributed by atoms with Crippen LogP contribution < -0.4 is 5.32 Å². The van der Waals surface area contributed by atoms with Gasteiger partial charge in [-0.15, -0.1) is 0 Å². The number of carboxylic acid groups (broad SMARTS) is 1. The van der Waals surface area contributed by atoms with Crippen LogP contribution in [0.4, 0.5) is 28.0 Å². The Balaban J connectivity index is 1.49. The molecule has 3 heterocycles. The van der Waals surface area contributed by atoms with E-state index >= 15 is 0 Å². The third kappa shape index (κ3) is 4.12. The number of halogens is 4. The van der Waals surface area contributed by atoms with Crippen molar-refractivity contribution in [1.82, 2.24) is 19.7 Å². The lowest BCUT2D eigenvalue weighted by Gasteiger charge is -2.25. The number of oxazole rings is 1. The Labute approximate surface area is 199 Å². The van der Waals surface area contributed by atoms with E-state index in [1.54, 1.807) is 6.92 Å². The quantitative estimate of drug-likeness (QED) is 0.390. The molecule has 0 saturated heterocycles. The first-order chi connectivity index (χ1) is 17.0. The SMILES string of the molecule is Cc1nc2cc(F)c(NC(=O)c3cccc(-n4nc(C(F)(F)F)c5c4CCN(C(=O)O)C5)c3)cc2o1. The third-order valence-electron chi connectivity index (χ3n) is 5.78. The van der Waals surface area contributed by atoms with Gasteiger partial charge >= 0.3 is 12.3 Å². The summed E-state index contributed by atoms with van der Waals surface area (Å²) in [4.78, 5) is 29.1. The van der Waals surface area contributed by atoms with Gasteiger partial charge in [0.2, 0.25) is 0 Å². The zero-order valence-corrected chi connectivity index (χ0v) is 18.6. The summed E-state index contributed by atoms with van der Waals surface area (Å²) >= 11 is 0. The molecule has 0 unspecified atom stereocenters. The monoisotopic (exact) mass is 503 g/mol. The van der Waals surface area contributed by atoms with Gasteiger partial charge < -0.3 is 19.7 Å². The highest BCUT2D eigenvalue weighted by atomic mass is 19.4. The normalized spacial score (nSPS) is 13.6. The molecular weight excluding hydrogens is 486 g/mol. The second kappa shape index (κ2) is 8.36. The second-order valence-electron chi connectivity index (χ2n) is 8.17. The molecule has 1 aliphatic rings. The smallest absolute Gasteiger partial charge is 0.435 e. The molecule has 0 bridgehead atoms. The number of anilines is 1. The number of nitrogens with zero attached hydrogens (tertiary/aromatic N) is 4. The summed E-state index contributed by atoms with van der Waals surface area (Å²) in [5.41, 5.74) is -0.596. The largest absolute Gasteiger partial charge is 0.465 e. The number of rotatable bonds is 3. The molecule has 0 aliphatic carbocycles. The minimum absolute atomic E-state index is 0.00294. The van der Waals surface area contributed by atoms with Gasteiger partial charge in [-0.1, -0.05) is 6.07 Å². The van der Waals surface area contributed by atoms with Crippen molar-refractivity contribution in [3.8, 4) is 5.69 Å². The van der Waals surface area contributed by atoms with Crippen molar-refractivity contribution in [3.63, 3.8) is 0 Å². The third-order valence-corrected chi connectivity index (χ3v) is 5.78. The van der Waals surface area contributed by atoms with Crippen LogP contribution in [0.5, 0.6) is 0 Å². The fourth-order valence-corrected chi connectivity index (χ4v) is 4.16. The van der Waals surface area contributed by atoms with Crippen LogP contribution in [0, 0.1) is 12.7 Å². The number of amides is 2. The molecule has 0 radical (unpaired) electrons. The Hall–Kier alpha value is -4.42. The Kier molecular flexibility index (Phi) is 5.42. The second-order valence-corrected chi connectivity index (χ2v) is 8.17. The highest BCUT2D eigenvalue weighted by Gasteiger charge is 2.41. The van der Waals surface area contributed by atoms with Gasteiger partial charge in [0.05, 0.1) is 23.6 Å². The average molecular weight is 503 g/mol. The molecule has 0 saturated carbocycles. The lowest BCUT2D eigenvalue weighted by Crippen LogP contribution is -2.35. The molecule has 1 aliphatic heterocycles. The predicted molar refractivity (Wildman–Crippen MR) is 117 cm³/mol. The molecule has 0 atom stereocenters. The standard InChI is InChI=1S/C23H17F4N5O4/c1-11-28-17-8-15(24)16(9-19(17)36-11)29-21(33)12-3-2-4-13(7-12)32-18-5-6-31(22(34)35)10-14(18)20(30-32)23(25,26)27/h2-4,7-9H,5-6,10H2,1H3,(H,29,33)(H,34,35). The maximum absolute atomic E-state index is 14.5. The van der Waals surface area contributed by atoms with Crippen molar-refractivity contribution in [1.29, 1.82) is 0 Å². The molecule has 5 rings (SSSR count). The maximum atomic E-state index is 14.5. The first-order valence-corrected chi connectivity index (χ1v) is 10.7. The maximum Gasteiger partial charge on any atom is 0.435 e. The van der Waals surface area contributed by atoms with E-state index in [4.69, 9.17) is 4.42 Å². The molecule has 36 heavy (non-hydrogen) atoms. The van der Waals surface area contributed by atoms with Crippen molar-refractivity contribution in [2.45, 2.75) is 26.1 Å². The highest BCUT2D eigenvalue weighted by Crippen LogP contribution is 2.36. The van der Waals surface area contributed by atoms with Crippen LogP contribution in [-0.4, -0.2) is 43.3 Å². The first kappa shape index (κ1) is 23.3. The Bertz CT molecular complexity index is 1520. The van der Waals surface area contributed by atoms with Gasteiger partial charge in [0.25, 0.3) is 5.91 Å². The van der Waals surface area contributed by atoms with Crippen LogP contribution in [0.2, 0.25) is 0 Å². The summed E-state index contributed by atoms with van der Waals surface area (Å²) < 4.78 is 61.9. The van der Waals surface area contributed by atoms with Gasteiger partial charge in [0.1, 0.15) is 11.3 Å². The molecule has 9 nitrogen and oxygen atoms in total. The Morgan fingerprint density at radius 1 is 1.19 bits per heavy atom. The van der Waals surface area contributed by atoms with E-state index < -0.39 is 36.2 Å². The summed E-state index contributed by atoms with van der Waals surface area (Å²) in [5, 5.41) is 15.4. The molecule has 2 N–H and O–H groups in total. The minimum Gasteiger partial charge on any atom is -0.465 e. The van der Waals surface area contributed by atoms with Crippen LogP contribution in [0.3, 0.4) is 0 Å². The fourth-order valence-electron chi connectivity index (χ4n) is 4.16. The first-order valence-electron chi connectivity index (χ1n) is 10.7. The summed E-state index contributed by atoms with van der Waals surface area (Å²) in [6.07, 6.45) is -6.13. The van der Waals surface area contributed by atoms with Crippen LogP contribution in [0.25, 0.3) is 16.8 Å². The minimum atomic E-state index is -4.80. The van der Waals surface area contributed by atoms with Crippen LogP contribution in [-0.2, 0) is 19.1 Å². The van der Waals surface area contributed by atoms with Gasteiger partial charge in [-0.2, -0.15) is 18.3 Å².